The Morgan fingerprint density at radius 1 is 1.24 bits per heavy atom. The van der Waals surface area contributed by atoms with Gasteiger partial charge in [0.15, 0.2) is 5.60 Å². The Morgan fingerprint density at radius 3 is 2.41 bits per heavy atom. The predicted molar refractivity (Wildman–Crippen MR) is 66.9 cm³/mol. The Bertz CT molecular complexity index is 434. The second-order valence-electron chi connectivity index (χ2n) is 4.91. The van der Waals surface area contributed by atoms with Gasteiger partial charge < -0.3 is 10.5 Å². The summed E-state index contributed by atoms with van der Waals surface area (Å²) in [4.78, 5) is 11.6. The first-order valence-corrected chi connectivity index (χ1v) is 6.10. The smallest absolute Gasteiger partial charge is 0.261 e. The van der Waals surface area contributed by atoms with Gasteiger partial charge in [0.05, 0.1) is 0 Å². The molecule has 1 amide bonds. The first-order chi connectivity index (χ1) is 8.03. The Morgan fingerprint density at radius 2 is 1.88 bits per heavy atom. The van der Waals surface area contributed by atoms with Crippen LogP contribution in [0.2, 0.25) is 0 Å². The molecule has 1 saturated carbocycles. The Balaban J connectivity index is 2.23. The van der Waals surface area contributed by atoms with E-state index in [0.717, 1.165) is 31.4 Å². The summed E-state index contributed by atoms with van der Waals surface area (Å²) in [5.41, 5.74) is 7.09. The van der Waals surface area contributed by atoms with E-state index in [4.69, 9.17) is 10.5 Å². The highest BCUT2D eigenvalue weighted by Crippen LogP contribution is 2.34. The zero-order valence-electron chi connectivity index (χ0n) is 10.5. The van der Waals surface area contributed by atoms with E-state index in [2.05, 4.69) is 6.92 Å². The van der Waals surface area contributed by atoms with Gasteiger partial charge in [-0.3, -0.25) is 4.79 Å². The molecule has 17 heavy (non-hydrogen) atoms. The van der Waals surface area contributed by atoms with Gasteiger partial charge in [-0.25, -0.2) is 0 Å². The molecule has 2 N–H and O–H groups in total. The van der Waals surface area contributed by atoms with Crippen LogP contribution in [-0.2, 0) is 4.79 Å². The number of carbonyl (C=O) groups excluding carboxylic acids is 1. The monoisotopic (exact) mass is 233 g/mol. The largest absolute Gasteiger partial charge is 0.477 e. The third-order valence-corrected chi connectivity index (χ3v) is 3.65. The van der Waals surface area contributed by atoms with E-state index >= 15 is 0 Å². The summed E-state index contributed by atoms with van der Waals surface area (Å²) in [7, 11) is 0. The fraction of sp³-hybridized carbons (Fsp3) is 0.500. The number of aryl methyl sites for hydroxylation is 2. The Labute approximate surface area is 102 Å². The fourth-order valence-corrected chi connectivity index (χ4v) is 2.35. The summed E-state index contributed by atoms with van der Waals surface area (Å²) in [5.74, 6) is 0.405. The standard InChI is InChI=1S/C14H19NO2/c1-10-5-6-12(9-11(10)2)17-14(13(15)16)7-3-4-8-14/h5-6,9H,3-4,7-8H2,1-2H3,(H2,15,16). The number of benzene rings is 1. The van der Waals surface area contributed by atoms with Gasteiger partial charge >= 0.3 is 0 Å². The third kappa shape index (κ3) is 2.28. The molecule has 0 aliphatic heterocycles. The van der Waals surface area contributed by atoms with Crippen LogP contribution in [-0.4, -0.2) is 11.5 Å². The van der Waals surface area contributed by atoms with Gasteiger partial charge in [0.1, 0.15) is 5.75 Å². The molecule has 1 aliphatic rings. The molecule has 2 rings (SSSR count). The zero-order valence-corrected chi connectivity index (χ0v) is 10.5. The summed E-state index contributed by atoms with van der Waals surface area (Å²) in [6, 6.07) is 5.89. The highest BCUT2D eigenvalue weighted by Gasteiger charge is 2.42. The van der Waals surface area contributed by atoms with Crippen molar-refractivity contribution in [2.24, 2.45) is 5.73 Å². The van der Waals surface area contributed by atoms with Crippen molar-refractivity contribution in [3.05, 3.63) is 29.3 Å². The van der Waals surface area contributed by atoms with E-state index in [0.29, 0.717) is 0 Å². The molecule has 92 valence electrons. The van der Waals surface area contributed by atoms with Crippen LogP contribution in [0, 0.1) is 13.8 Å². The number of ether oxygens (including phenoxy) is 1. The van der Waals surface area contributed by atoms with Gasteiger partial charge in [-0.15, -0.1) is 0 Å². The van der Waals surface area contributed by atoms with Gasteiger partial charge in [0.2, 0.25) is 0 Å². The topological polar surface area (TPSA) is 52.3 Å². The van der Waals surface area contributed by atoms with Crippen molar-refractivity contribution in [3.63, 3.8) is 0 Å². The van der Waals surface area contributed by atoms with E-state index in [1.807, 2.05) is 25.1 Å². The molecule has 0 aromatic heterocycles. The first kappa shape index (κ1) is 12.0. The summed E-state index contributed by atoms with van der Waals surface area (Å²) in [6.45, 7) is 4.09. The number of hydrogen-bond donors (Lipinski definition) is 1. The number of rotatable bonds is 3. The second-order valence-corrected chi connectivity index (χ2v) is 4.91. The number of nitrogens with two attached hydrogens (primary N) is 1. The average molecular weight is 233 g/mol. The van der Waals surface area contributed by atoms with Crippen molar-refractivity contribution in [1.82, 2.24) is 0 Å². The fourth-order valence-electron chi connectivity index (χ4n) is 2.35. The Hall–Kier alpha value is -1.51. The molecule has 0 unspecified atom stereocenters. The molecule has 0 atom stereocenters. The summed E-state index contributed by atoms with van der Waals surface area (Å²) < 4.78 is 5.89. The minimum atomic E-state index is -0.776. The summed E-state index contributed by atoms with van der Waals surface area (Å²) >= 11 is 0. The highest BCUT2D eigenvalue weighted by molar-refractivity contribution is 5.84. The molecule has 0 spiro atoms. The van der Waals surface area contributed by atoms with Gasteiger partial charge in [-0.05, 0) is 62.8 Å². The molecule has 0 bridgehead atoms. The lowest BCUT2D eigenvalue weighted by Crippen LogP contribution is -2.46. The number of primary amides is 1. The van der Waals surface area contributed by atoms with E-state index in [-0.39, 0.29) is 5.91 Å². The highest BCUT2D eigenvalue weighted by atomic mass is 16.5. The molecule has 1 aromatic rings. The molecule has 1 fully saturated rings. The lowest BCUT2D eigenvalue weighted by atomic mass is 10.0. The van der Waals surface area contributed by atoms with E-state index in [1.54, 1.807) is 0 Å². The van der Waals surface area contributed by atoms with Gasteiger partial charge in [0, 0.05) is 0 Å². The number of amides is 1. The molecule has 0 heterocycles. The van der Waals surface area contributed by atoms with Crippen molar-refractivity contribution in [1.29, 1.82) is 0 Å². The van der Waals surface area contributed by atoms with E-state index in [9.17, 15) is 4.79 Å². The average Bonchev–Trinajstić information content (AvgIpc) is 2.73. The predicted octanol–water partition coefficient (Wildman–Crippen LogP) is 2.48. The van der Waals surface area contributed by atoms with Crippen molar-refractivity contribution in [2.75, 3.05) is 0 Å². The molecule has 3 heteroatoms. The van der Waals surface area contributed by atoms with Crippen LogP contribution < -0.4 is 10.5 Å². The van der Waals surface area contributed by atoms with E-state index < -0.39 is 5.60 Å². The van der Waals surface area contributed by atoms with Crippen molar-refractivity contribution in [2.45, 2.75) is 45.1 Å². The van der Waals surface area contributed by atoms with Crippen LogP contribution in [0.15, 0.2) is 18.2 Å². The van der Waals surface area contributed by atoms with Gasteiger partial charge in [-0.2, -0.15) is 0 Å². The number of hydrogen-bond acceptors (Lipinski definition) is 2. The zero-order chi connectivity index (χ0) is 12.5. The second kappa shape index (κ2) is 4.40. The SMILES string of the molecule is Cc1ccc(OC2(C(N)=O)CCCC2)cc1C. The van der Waals surface area contributed by atoms with E-state index in [1.165, 1.54) is 11.1 Å². The van der Waals surface area contributed by atoms with Gasteiger partial charge in [-0.1, -0.05) is 6.07 Å². The Kier molecular flexibility index (Phi) is 3.09. The minimum Gasteiger partial charge on any atom is -0.477 e. The van der Waals surface area contributed by atoms with Crippen LogP contribution in [0.1, 0.15) is 36.8 Å². The van der Waals surface area contributed by atoms with Gasteiger partial charge in [0.25, 0.3) is 5.91 Å². The third-order valence-electron chi connectivity index (χ3n) is 3.65. The normalized spacial score (nSPS) is 18.0. The van der Waals surface area contributed by atoms with Crippen molar-refractivity contribution < 1.29 is 9.53 Å². The molecule has 3 nitrogen and oxygen atoms in total. The molecule has 1 aliphatic carbocycles. The lowest BCUT2D eigenvalue weighted by molar-refractivity contribution is -0.132. The summed E-state index contributed by atoms with van der Waals surface area (Å²) in [5, 5.41) is 0. The van der Waals surface area contributed by atoms with Crippen molar-refractivity contribution in [3.8, 4) is 5.75 Å². The molecule has 0 saturated heterocycles. The maximum Gasteiger partial charge on any atom is 0.261 e. The molecule has 0 radical (unpaired) electrons. The maximum atomic E-state index is 11.6. The first-order valence-electron chi connectivity index (χ1n) is 6.10. The van der Waals surface area contributed by atoms with Crippen LogP contribution >= 0.6 is 0 Å². The maximum absolute atomic E-state index is 11.6. The van der Waals surface area contributed by atoms with Crippen LogP contribution in [0.25, 0.3) is 0 Å². The molecular weight excluding hydrogens is 214 g/mol. The number of carbonyl (C=O) groups is 1. The minimum absolute atomic E-state index is 0.340. The molecular formula is C14H19NO2. The lowest BCUT2D eigenvalue weighted by Gasteiger charge is -2.27. The van der Waals surface area contributed by atoms with Crippen LogP contribution in [0.5, 0.6) is 5.75 Å². The molecule has 1 aromatic carbocycles. The van der Waals surface area contributed by atoms with Crippen molar-refractivity contribution >= 4 is 5.91 Å². The van der Waals surface area contributed by atoms with Crippen LogP contribution in [0.4, 0.5) is 0 Å². The van der Waals surface area contributed by atoms with Crippen LogP contribution in [0.3, 0.4) is 0 Å². The summed E-state index contributed by atoms with van der Waals surface area (Å²) in [6.07, 6.45) is 3.48. The quantitative estimate of drug-likeness (QED) is 0.872.